The molecule has 3 N–H and O–H groups in total. The third-order valence-electron chi connectivity index (χ3n) is 4.42. The topological polar surface area (TPSA) is 53.2 Å². The fourth-order valence-electron chi connectivity index (χ4n) is 3.37. The first-order valence-corrected chi connectivity index (χ1v) is 7.58. The summed E-state index contributed by atoms with van der Waals surface area (Å²) in [5.74, 6) is 0.585. The number of piperidine rings is 1. The molecule has 0 spiro atoms. The van der Waals surface area contributed by atoms with Gasteiger partial charge in [-0.3, -0.25) is 4.79 Å². The second-order valence-corrected chi connectivity index (χ2v) is 5.86. The molecule has 1 unspecified atom stereocenters. The Morgan fingerprint density at radius 2 is 2.10 bits per heavy atom. The highest BCUT2D eigenvalue weighted by Gasteiger charge is 2.26. The summed E-state index contributed by atoms with van der Waals surface area (Å²) >= 11 is 0. The molecule has 3 rings (SSSR count). The van der Waals surface area contributed by atoms with Gasteiger partial charge in [-0.05, 0) is 55.5 Å². The number of rotatable bonds is 3. The summed E-state index contributed by atoms with van der Waals surface area (Å²) < 4.78 is 0. The largest absolute Gasteiger partial charge is 0.384 e. The van der Waals surface area contributed by atoms with Crippen molar-refractivity contribution in [3.8, 4) is 0 Å². The van der Waals surface area contributed by atoms with Crippen LogP contribution in [0.5, 0.6) is 0 Å². The molecule has 108 valence electrons. The van der Waals surface area contributed by atoms with Crippen LogP contribution in [0.2, 0.25) is 0 Å². The molecular weight excluding hydrogens is 250 g/mol. The highest BCUT2D eigenvalue weighted by molar-refractivity contribution is 5.73. The fraction of sp³-hybridized carbons (Fsp3) is 0.562. The van der Waals surface area contributed by atoms with Crippen molar-refractivity contribution in [3.05, 3.63) is 29.3 Å². The van der Waals surface area contributed by atoms with Gasteiger partial charge in [0, 0.05) is 19.2 Å². The quantitative estimate of drug-likeness (QED) is 0.787. The summed E-state index contributed by atoms with van der Waals surface area (Å²) in [4.78, 5) is 11.6. The first kappa shape index (κ1) is 13.4. The van der Waals surface area contributed by atoms with Crippen molar-refractivity contribution in [2.75, 3.05) is 25.0 Å². The summed E-state index contributed by atoms with van der Waals surface area (Å²) in [6, 6.07) is 6.77. The molecule has 4 heteroatoms. The van der Waals surface area contributed by atoms with Crippen molar-refractivity contribution < 1.29 is 4.79 Å². The van der Waals surface area contributed by atoms with Crippen molar-refractivity contribution in [2.24, 2.45) is 5.92 Å². The zero-order valence-electron chi connectivity index (χ0n) is 12.0. The van der Waals surface area contributed by atoms with Crippen molar-refractivity contribution >= 4 is 11.6 Å². The Morgan fingerprint density at radius 3 is 2.85 bits per heavy atom. The fourth-order valence-corrected chi connectivity index (χ4v) is 3.37. The molecule has 1 aromatic rings. The number of hydrogen-bond acceptors (Lipinski definition) is 3. The Bertz CT molecular complexity index is 494. The van der Waals surface area contributed by atoms with Crippen molar-refractivity contribution in [1.82, 2.24) is 10.6 Å². The Labute approximate surface area is 120 Å². The maximum absolute atomic E-state index is 11.6. The summed E-state index contributed by atoms with van der Waals surface area (Å²) in [6.07, 6.45) is 3.35. The van der Waals surface area contributed by atoms with E-state index >= 15 is 0 Å². The maximum atomic E-state index is 11.6. The van der Waals surface area contributed by atoms with E-state index in [1.54, 1.807) is 6.92 Å². The van der Waals surface area contributed by atoms with E-state index in [9.17, 15) is 4.79 Å². The lowest BCUT2D eigenvalue weighted by Gasteiger charge is -2.31. The molecule has 1 amide bonds. The standard InChI is InChI=1S/C16H23N3O/c1-11(20)19-16(13-4-7-17-8-5-13)14-3-2-12-6-9-18-15(12)10-14/h2-3,10,13,16-18H,4-9H2,1H3,(H,19,20). The Balaban J connectivity index is 1.85. The SMILES string of the molecule is CC(=O)NC(c1ccc2c(c1)NCC2)C1CCNCC1. The molecule has 0 radical (unpaired) electrons. The van der Waals surface area contributed by atoms with Crippen molar-refractivity contribution in [3.63, 3.8) is 0 Å². The molecule has 0 bridgehead atoms. The van der Waals surface area contributed by atoms with Crippen LogP contribution < -0.4 is 16.0 Å². The predicted octanol–water partition coefficient (Wildman–Crippen LogP) is 1.83. The van der Waals surface area contributed by atoms with Crippen LogP contribution in [0.1, 0.15) is 36.9 Å². The molecule has 2 aliphatic rings. The van der Waals surface area contributed by atoms with Crippen LogP contribution in [0.3, 0.4) is 0 Å². The normalized spacial score (nSPS) is 20.1. The van der Waals surface area contributed by atoms with Gasteiger partial charge in [0.05, 0.1) is 6.04 Å². The lowest BCUT2D eigenvalue weighted by atomic mass is 9.85. The van der Waals surface area contributed by atoms with E-state index in [0.717, 1.165) is 38.9 Å². The monoisotopic (exact) mass is 273 g/mol. The second-order valence-electron chi connectivity index (χ2n) is 5.86. The van der Waals surface area contributed by atoms with Crippen LogP contribution in [-0.4, -0.2) is 25.5 Å². The van der Waals surface area contributed by atoms with E-state index < -0.39 is 0 Å². The Hall–Kier alpha value is -1.55. The van der Waals surface area contributed by atoms with E-state index in [1.165, 1.54) is 16.8 Å². The van der Waals surface area contributed by atoms with Gasteiger partial charge in [-0.25, -0.2) is 0 Å². The number of nitrogens with one attached hydrogen (secondary N) is 3. The molecular formula is C16H23N3O. The maximum Gasteiger partial charge on any atom is 0.217 e. The summed E-state index contributed by atoms with van der Waals surface area (Å²) in [5, 5.41) is 9.98. The van der Waals surface area contributed by atoms with Gasteiger partial charge in [0.2, 0.25) is 5.91 Å². The van der Waals surface area contributed by atoms with Gasteiger partial charge in [-0.15, -0.1) is 0 Å². The summed E-state index contributed by atoms with van der Waals surface area (Å²) in [5.41, 5.74) is 3.87. The minimum absolute atomic E-state index is 0.0574. The number of anilines is 1. The molecule has 20 heavy (non-hydrogen) atoms. The summed E-state index contributed by atoms with van der Waals surface area (Å²) in [7, 11) is 0. The molecule has 1 aromatic carbocycles. The molecule has 2 aliphatic heterocycles. The van der Waals surface area contributed by atoms with Gasteiger partial charge < -0.3 is 16.0 Å². The number of carbonyl (C=O) groups is 1. The molecule has 0 aromatic heterocycles. The molecule has 1 saturated heterocycles. The van der Waals surface area contributed by atoms with Crippen LogP contribution >= 0.6 is 0 Å². The lowest BCUT2D eigenvalue weighted by molar-refractivity contribution is -0.120. The minimum atomic E-state index is 0.0574. The van der Waals surface area contributed by atoms with Crippen molar-refractivity contribution in [2.45, 2.75) is 32.2 Å². The van der Waals surface area contributed by atoms with Crippen LogP contribution in [0.4, 0.5) is 5.69 Å². The third kappa shape index (κ3) is 2.80. The van der Waals surface area contributed by atoms with E-state index in [1.807, 2.05) is 0 Å². The first-order chi connectivity index (χ1) is 9.74. The smallest absolute Gasteiger partial charge is 0.217 e. The van der Waals surface area contributed by atoms with E-state index in [2.05, 4.69) is 34.1 Å². The van der Waals surface area contributed by atoms with Crippen LogP contribution in [0, 0.1) is 5.92 Å². The number of hydrogen-bond donors (Lipinski definition) is 3. The summed E-state index contributed by atoms with van der Waals surface area (Å²) in [6.45, 7) is 4.73. The first-order valence-electron chi connectivity index (χ1n) is 7.58. The highest BCUT2D eigenvalue weighted by atomic mass is 16.1. The van der Waals surface area contributed by atoms with Gasteiger partial charge in [-0.1, -0.05) is 12.1 Å². The van der Waals surface area contributed by atoms with E-state index in [0.29, 0.717) is 5.92 Å². The van der Waals surface area contributed by atoms with Gasteiger partial charge in [0.25, 0.3) is 0 Å². The van der Waals surface area contributed by atoms with Gasteiger partial charge in [0.15, 0.2) is 0 Å². The van der Waals surface area contributed by atoms with Crippen LogP contribution in [0.15, 0.2) is 18.2 Å². The number of amides is 1. The third-order valence-corrected chi connectivity index (χ3v) is 4.42. The number of fused-ring (bicyclic) bond motifs is 1. The van der Waals surface area contributed by atoms with Gasteiger partial charge >= 0.3 is 0 Å². The molecule has 1 fully saturated rings. The molecule has 4 nitrogen and oxygen atoms in total. The predicted molar refractivity (Wildman–Crippen MR) is 80.8 cm³/mol. The highest BCUT2D eigenvalue weighted by Crippen LogP contribution is 2.32. The van der Waals surface area contributed by atoms with Crippen LogP contribution in [-0.2, 0) is 11.2 Å². The minimum Gasteiger partial charge on any atom is -0.384 e. The lowest BCUT2D eigenvalue weighted by Crippen LogP contribution is -2.38. The average molecular weight is 273 g/mol. The van der Waals surface area contributed by atoms with E-state index in [4.69, 9.17) is 0 Å². The average Bonchev–Trinajstić information content (AvgIpc) is 2.93. The number of carbonyl (C=O) groups excluding carboxylic acids is 1. The second kappa shape index (κ2) is 5.83. The Morgan fingerprint density at radius 1 is 1.30 bits per heavy atom. The molecule has 1 atom stereocenters. The molecule has 0 aliphatic carbocycles. The van der Waals surface area contributed by atoms with Crippen molar-refractivity contribution in [1.29, 1.82) is 0 Å². The Kier molecular flexibility index (Phi) is 3.92. The molecule has 2 heterocycles. The number of benzene rings is 1. The van der Waals surface area contributed by atoms with Crippen LogP contribution in [0.25, 0.3) is 0 Å². The zero-order valence-corrected chi connectivity index (χ0v) is 12.0. The molecule has 0 saturated carbocycles. The van der Waals surface area contributed by atoms with Gasteiger partial charge in [0.1, 0.15) is 0 Å². The van der Waals surface area contributed by atoms with E-state index in [-0.39, 0.29) is 11.9 Å². The zero-order chi connectivity index (χ0) is 13.9. The van der Waals surface area contributed by atoms with Gasteiger partial charge in [-0.2, -0.15) is 0 Å².